The molecule has 0 saturated carbocycles. The van der Waals surface area contributed by atoms with Crippen LogP contribution in [0.3, 0.4) is 0 Å². The van der Waals surface area contributed by atoms with Gasteiger partial charge in [-0.1, -0.05) is 44.2 Å². The van der Waals surface area contributed by atoms with Crippen molar-refractivity contribution in [2.24, 2.45) is 11.8 Å². The molecule has 1 atom stereocenters. The van der Waals surface area contributed by atoms with E-state index in [2.05, 4.69) is 30.7 Å². The highest BCUT2D eigenvalue weighted by Gasteiger charge is 2.27. The molecular weight excluding hydrogens is 410 g/mol. The molecule has 0 spiro atoms. The summed E-state index contributed by atoms with van der Waals surface area (Å²) in [7, 11) is 0. The lowest BCUT2D eigenvalue weighted by molar-refractivity contribution is 0.0971. The Bertz CT molecular complexity index is 1170. The summed E-state index contributed by atoms with van der Waals surface area (Å²) in [6, 6.07) is 20.8. The number of rotatable bonds is 4. The molecule has 0 fully saturated rings. The number of nitrogens with zero attached hydrogens (tertiary/aromatic N) is 1. The van der Waals surface area contributed by atoms with Crippen LogP contribution in [0.15, 0.2) is 66.7 Å². The second-order valence-corrected chi connectivity index (χ2v) is 9.12. The molecule has 0 saturated heterocycles. The molecule has 170 valence electrons. The van der Waals surface area contributed by atoms with Crippen molar-refractivity contribution in [2.75, 3.05) is 16.9 Å². The number of fused-ring (bicyclic) bond motifs is 1. The zero-order valence-corrected chi connectivity index (χ0v) is 19.7. The van der Waals surface area contributed by atoms with Crippen molar-refractivity contribution in [3.8, 4) is 0 Å². The van der Waals surface area contributed by atoms with Crippen LogP contribution in [0.25, 0.3) is 0 Å². The first kappa shape index (κ1) is 22.7. The van der Waals surface area contributed by atoms with E-state index in [1.807, 2.05) is 50.2 Å². The van der Waals surface area contributed by atoms with Gasteiger partial charge in [-0.15, -0.1) is 0 Å². The number of carbonyl (C=O) groups is 2. The average molecular weight is 442 g/mol. The highest BCUT2D eigenvalue weighted by molar-refractivity contribution is 6.07. The van der Waals surface area contributed by atoms with E-state index >= 15 is 0 Å². The maximum absolute atomic E-state index is 13.4. The molecule has 0 aliphatic carbocycles. The zero-order valence-electron chi connectivity index (χ0n) is 19.7. The highest BCUT2D eigenvalue weighted by Crippen LogP contribution is 2.29. The fourth-order valence-electron chi connectivity index (χ4n) is 4.22. The van der Waals surface area contributed by atoms with Crippen LogP contribution in [-0.2, 0) is 6.42 Å². The summed E-state index contributed by atoms with van der Waals surface area (Å²) in [5, 5.41) is 4.60. The van der Waals surface area contributed by atoms with Crippen LogP contribution in [0.1, 0.15) is 51.3 Å². The molecule has 3 aromatic carbocycles. The standard InChI is InChI=1S/C28H31N3O2/c1-18(2)23-16-22-9-5-6-11-26(22)31(29-17-23)28(33)21-12-14-24(15-13-21)30-27(32)25-10-7-8-19(3)20(25)4/h5-15,18,23,29H,16-17H2,1-4H3,(H,30,32). The van der Waals surface area contributed by atoms with Gasteiger partial charge in [0.1, 0.15) is 0 Å². The van der Waals surface area contributed by atoms with Crippen LogP contribution in [0, 0.1) is 25.7 Å². The van der Waals surface area contributed by atoms with E-state index in [4.69, 9.17) is 0 Å². The van der Waals surface area contributed by atoms with Gasteiger partial charge in [0, 0.05) is 23.4 Å². The van der Waals surface area contributed by atoms with Crippen molar-refractivity contribution in [2.45, 2.75) is 34.1 Å². The SMILES string of the molecule is Cc1cccc(C(=O)Nc2ccc(C(=O)N3NCC(C(C)C)Cc4ccccc43)cc2)c1C. The molecule has 1 unspecified atom stereocenters. The molecule has 0 aromatic heterocycles. The molecule has 2 amide bonds. The summed E-state index contributed by atoms with van der Waals surface area (Å²) in [5.74, 6) is 0.699. The summed E-state index contributed by atoms with van der Waals surface area (Å²) in [5.41, 5.74) is 9.35. The number of aryl methyl sites for hydroxylation is 1. The summed E-state index contributed by atoms with van der Waals surface area (Å²) < 4.78 is 0. The number of benzene rings is 3. The number of para-hydroxylation sites is 1. The molecular formula is C28H31N3O2. The van der Waals surface area contributed by atoms with Crippen molar-refractivity contribution in [3.05, 3.63) is 94.5 Å². The average Bonchev–Trinajstić information content (AvgIpc) is 3.01. The van der Waals surface area contributed by atoms with Crippen molar-refractivity contribution in [1.29, 1.82) is 0 Å². The zero-order chi connectivity index (χ0) is 23.5. The fourth-order valence-corrected chi connectivity index (χ4v) is 4.22. The number of nitrogens with one attached hydrogen (secondary N) is 2. The topological polar surface area (TPSA) is 61.4 Å². The Kier molecular flexibility index (Phi) is 6.61. The Hall–Kier alpha value is -3.44. The Balaban J connectivity index is 1.53. The number of hydrogen-bond donors (Lipinski definition) is 2. The van der Waals surface area contributed by atoms with Crippen LogP contribution >= 0.6 is 0 Å². The molecule has 2 N–H and O–H groups in total. The number of hydrazine groups is 1. The Morgan fingerprint density at radius 3 is 2.42 bits per heavy atom. The second kappa shape index (κ2) is 9.59. The summed E-state index contributed by atoms with van der Waals surface area (Å²) in [6.45, 7) is 9.12. The third-order valence-electron chi connectivity index (χ3n) is 6.61. The van der Waals surface area contributed by atoms with Gasteiger partial charge < -0.3 is 5.32 Å². The second-order valence-electron chi connectivity index (χ2n) is 9.12. The molecule has 5 heteroatoms. The third kappa shape index (κ3) is 4.83. The molecule has 3 aromatic rings. The normalized spacial score (nSPS) is 15.7. The van der Waals surface area contributed by atoms with Crippen molar-refractivity contribution in [1.82, 2.24) is 5.43 Å². The first-order valence-electron chi connectivity index (χ1n) is 11.5. The smallest absolute Gasteiger partial charge is 0.272 e. The van der Waals surface area contributed by atoms with Crippen LogP contribution in [0.5, 0.6) is 0 Å². The van der Waals surface area contributed by atoms with E-state index in [9.17, 15) is 9.59 Å². The largest absolute Gasteiger partial charge is 0.322 e. The first-order valence-corrected chi connectivity index (χ1v) is 11.5. The lowest BCUT2D eigenvalue weighted by Crippen LogP contribution is -2.44. The predicted octanol–water partition coefficient (Wildman–Crippen LogP) is 5.54. The van der Waals surface area contributed by atoms with Crippen LogP contribution < -0.4 is 15.8 Å². The number of amides is 2. The van der Waals surface area contributed by atoms with Gasteiger partial charge in [0.2, 0.25) is 0 Å². The predicted molar refractivity (Wildman–Crippen MR) is 134 cm³/mol. The van der Waals surface area contributed by atoms with Gasteiger partial charge in [0.25, 0.3) is 11.8 Å². The molecule has 1 aliphatic rings. The van der Waals surface area contributed by atoms with E-state index in [0.29, 0.717) is 28.7 Å². The highest BCUT2D eigenvalue weighted by atomic mass is 16.2. The molecule has 0 radical (unpaired) electrons. The summed E-state index contributed by atoms with van der Waals surface area (Å²) >= 11 is 0. The van der Waals surface area contributed by atoms with E-state index in [0.717, 1.165) is 29.8 Å². The molecule has 1 heterocycles. The lowest BCUT2D eigenvalue weighted by Gasteiger charge is -2.24. The molecule has 5 nitrogen and oxygen atoms in total. The maximum Gasteiger partial charge on any atom is 0.272 e. The minimum absolute atomic E-state index is 0.112. The van der Waals surface area contributed by atoms with E-state index in [-0.39, 0.29) is 11.8 Å². The van der Waals surface area contributed by atoms with E-state index in [1.165, 1.54) is 5.56 Å². The molecule has 0 bridgehead atoms. The van der Waals surface area contributed by atoms with Gasteiger partial charge in [-0.2, -0.15) is 0 Å². The van der Waals surface area contributed by atoms with Gasteiger partial charge in [-0.3, -0.25) is 9.59 Å². The third-order valence-corrected chi connectivity index (χ3v) is 6.61. The van der Waals surface area contributed by atoms with Gasteiger partial charge >= 0.3 is 0 Å². The minimum Gasteiger partial charge on any atom is -0.322 e. The van der Waals surface area contributed by atoms with Crippen LogP contribution in [-0.4, -0.2) is 18.4 Å². The first-order chi connectivity index (χ1) is 15.8. The number of anilines is 2. The molecule has 4 rings (SSSR count). The van der Waals surface area contributed by atoms with Gasteiger partial charge in [-0.25, -0.2) is 10.4 Å². The van der Waals surface area contributed by atoms with Crippen molar-refractivity contribution in [3.63, 3.8) is 0 Å². The monoisotopic (exact) mass is 441 g/mol. The van der Waals surface area contributed by atoms with Gasteiger partial charge in [-0.05, 0) is 85.2 Å². The van der Waals surface area contributed by atoms with Gasteiger partial charge in [0.05, 0.1) is 5.69 Å². The minimum atomic E-state index is -0.155. The Morgan fingerprint density at radius 1 is 0.970 bits per heavy atom. The summed E-state index contributed by atoms with van der Waals surface area (Å²) in [6.07, 6.45) is 0.938. The van der Waals surface area contributed by atoms with Crippen LogP contribution in [0.4, 0.5) is 11.4 Å². The Morgan fingerprint density at radius 2 is 1.70 bits per heavy atom. The Labute approximate surface area is 195 Å². The number of hydrogen-bond acceptors (Lipinski definition) is 3. The maximum atomic E-state index is 13.4. The van der Waals surface area contributed by atoms with Gasteiger partial charge in [0.15, 0.2) is 0 Å². The van der Waals surface area contributed by atoms with Crippen LogP contribution in [0.2, 0.25) is 0 Å². The van der Waals surface area contributed by atoms with E-state index in [1.54, 1.807) is 29.3 Å². The molecule has 33 heavy (non-hydrogen) atoms. The van der Waals surface area contributed by atoms with Crippen molar-refractivity contribution >= 4 is 23.2 Å². The molecule has 1 aliphatic heterocycles. The van der Waals surface area contributed by atoms with E-state index < -0.39 is 0 Å². The lowest BCUT2D eigenvalue weighted by atomic mass is 9.89. The summed E-state index contributed by atoms with van der Waals surface area (Å²) in [4.78, 5) is 26.1. The van der Waals surface area contributed by atoms with Crippen molar-refractivity contribution < 1.29 is 9.59 Å². The quantitative estimate of drug-likeness (QED) is 0.559. The number of carbonyl (C=O) groups excluding carboxylic acids is 2. The fraction of sp³-hybridized carbons (Fsp3) is 0.286.